The van der Waals surface area contributed by atoms with Gasteiger partial charge >= 0.3 is 0 Å². The number of anilines is 1. The molecule has 0 saturated heterocycles. The van der Waals surface area contributed by atoms with Gasteiger partial charge in [-0.05, 0) is 55.5 Å². The summed E-state index contributed by atoms with van der Waals surface area (Å²) in [6.45, 7) is 1.81. The number of methoxy groups -OCH3 is 2. The van der Waals surface area contributed by atoms with Gasteiger partial charge in [-0.2, -0.15) is 0 Å². The van der Waals surface area contributed by atoms with Crippen LogP contribution in [-0.2, 0) is 10.0 Å². The largest absolute Gasteiger partial charge is 0.497 e. The Bertz CT molecular complexity index is 1220. The number of benzene rings is 3. The highest BCUT2D eigenvalue weighted by Gasteiger charge is 2.19. The summed E-state index contributed by atoms with van der Waals surface area (Å²) in [6, 6.07) is 17.2. The highest BCUT2D eigenvalue weighted by molar-refractivity contribution is 7.92. The fraction of sp³-hybridized carbons (Fsp3) is 0.174. The average Bonchev–Trinajstić information content (AvgIpc) is 2.78. The molecule has 9 heteroatoms. The third-order valence-electron chi connectivity index (χ3n) is 4.77. The number of hydrogen-bond donors (Lipinski definition) is 2. The molecule has 7 nitrogen and oxygen atoms in total. The van der Waals surface area contributed by atoms with Crippen molar-refractivity contribution < 1.29 is 22.7 Å². The van der Waals surface area contributed by atoms with Gasteiger partial charge in [0, 0.05) is 5.56 Å². The molecule has 0 aromatic heterocycles. The zero-order chi connectivity index (χ0) is 23.3. The average molecular weight is 475 g/mol. The lowest BCUT2D eigenvalue weighted by molar-refractivity contribution is 0.0939. The van der Waals surface area contributed by atoms with E-state index in [4.69, 9.17) is 21.1 Å². The van der Waals surface area contributed by atoms with Crippen LogP contribution >= 0.6 is 11.6 Å². The lowest BCUT2D eigenvalue weighted by Crippen LogP contribution is -2.27. The molecular weight excluding hydrogens is 452 g/mol. The third kappa shape index (κ3) is 5.33. The van der Waals surface area contributed by atoms with Crippen LogP contribution in [0.2, 0.25) is 5.02 Å². The number of rotatable bonds is 8. The second-order valence-electron chi connectivity index (χ2n) is 6.92. The maximum atomic E-state index is 12.8. The summed E-state index contributed by atoms with van der Waals surface area (Å²) in [4.78, 5) is 12.9. The number of nitrogens with one attached hydrogen (secondary N) is 2. The first-order valence-electron chi connectivity index (χ1n) is 9.65. The van der Waals surface area contributed by atoms with Crippen LogP contribution in [0.5, 0.6) is 11.5 Å². The second kappa shape index (κ2) is 9.93. The predicted octanol–water partition coefficient (Wildman–Crippen LogP) is 4.65. The molecule has 2 N–H and O–H groups in total. The van der Waals surface area contributed by atoms with E-state index in [9.17, 15) is 13.2 Å². The number of sulfonamides is 1. The molecule has 0 heterocycles. The lowest BCUT2D eigenvalue weighted by Gasteiger charge is -2.19. The highest BCUT2D eigenvalue weighted by Crippen LogP contribution is 2.30. The molecule has 0 aliphatic heterocycles. The third-order valence-corrected chi connectivity index (χ3v) is 6.48. The summed E-state index contributed by atoms with van der Waals surface area (Å²) in [5.41, 5.74) is 1.20. The van der Waals surface area contributed by atoms with Crippen molar-refractivity contribution >= 4 is 33.2 Å². The van der Waals surface area contributed by atoms with Gasteiger partial charge in [0.2, 0.25) is 0 Å². The summed E-state index contributed by atoms with van der Waals surface area (Å²) < 4.78 is 38.1. The zero-order valence-electron chi connectivity index (χ0n) is 17.8. The summed E-state index contributed by atoms with van der Waals surface area (Å²) in [5.74, 6) is 0.829. The Labute approximate surface area is 192 Å². The minimum atomic E-state index is -3.77. The summed E-state index contributed by atoms with van der Waals surface area (Å²) in [6.07, 6.45) is 0. The van der Waals surface area contributed by atoms with E-state index in [1.807, 2.05) is 6.92 Å². The van der Waals surface area contributed by atoms with Crippen LogP contribution in [0.4, 0.5) is 5.69 Å². The number of ether oxygens (including phenoxy) is 2. The van der Waals surface area contributed by atoms with E-state index >= 15 is 0 Å². The standard InChI is InChI=1S/C23H23ClN2O5S/c1-15(20-14-17(30-2)10-12-22(20)31-3)25-23(27)19-11-9-16(13-21(19)24)26-32(28,29)18-7-5-4-6-8-18/h4-15,26H,1-3H3,(H,25,27)/t15-/m1/s1. The molecule has 0 radical (unpaired) electrons. The van der Waals surface area contributed by atoms with Gasteiger partial charge in [0.1, 0.15) is 11.5 Å². The fourth-order valence-corrected chi connectivity index (χ4v) is 4.44. The maximum Gasteiger partial charge on any atom is 0.261 e. The SMILES string of the molecule is COc1ccc(OC)c([C@@H](C)NC(=O)c2ccc(NS(=O)(=O)c3ccccc3)cc2Cl)c1. The number of carbonyl (C=O) groups is 1. The monoisotopic (exact) mass is 474 g/mol. The van der Waals surface area contributed by atoms with E-state index in [0.717, 1.165) is 5.56 Å². The fourth-order valence-electron chi connectivity index (χ4n) is 3.11. The Balaban J connectivity index is 1.77. The molecular formula is C23H23ClN2O5S. The van der Waals surface area contributed by atoms with Crippen molar-refractivity contribution in [2.45, 2.75) is 17.9 Å². The number of amides is 1. The molecule has 0 unspecified atom stereocenters. The molecule has 0 spiro atoms. The van der Waals surface area contributed by atoms with Crippen molar-refractivity contribution in [3.05, 3.63) is 82.9 Å². The minimum absolute atomic E-state index is 0.112. The van der Waals surface area contributed by atoms with Gasteiger partial charge in [0.15, 0.2) is 0 Å². The van der Waals surface area contributed by atoms with Crippen molar-refractivity contribution in [1.82, 2.24) is 5.32 Å². The van der Waals surface area contributed by atoms with E-state index in [1.165, 1.54) is 30.3 Å². The molecule has 0 bridgehead atoms. The molecule has 168 valence electrons. The van der Waals surface area contributed by atoms with Crippen molar-refractivity contribution in [1.29, 1.82) is 0 Å². The van der Waals surface area contributed by atoms with Gasteiger partial charge in [0.25, 0.3) is 15.9 Å². The summed E-state index contributed by atoms with van der Waals surface area (Å²) in [5, 5.41) is 2.99. The zero-order valence-corrected chi connectivity index (χ0v) is 19.3. The topological polar surface area (TPSA) is 93.7 Å². The molecule has 3 aromatic rings. The first-order chi connectivity index (χ1) is 15.2. The summed E-state index contributed by atoms with van der Waals surface area (Å²) >= 11 is 6.29. The van der Waals surface area contributed by atoms with Gasteiger partial charge in [-0.3, -0.25) is 9.52 Å². The number of halogens is 1. The van der Waals surface area contributed by atoms with Crippen LogP contribution in [-0.4, -0.2) is 28.5 Å². The molecule has 3 rings (SSSR count). The van der Waals surface area contributed by atoms with Crippen LogP contribution in [0.1, 0.15) is 28.9 Å². The quantitative estimate of drug-likeness (QED) is 0.495. The normalized spacial score (nSPS) is 12.0. The van der Waals surface area contributed by atoms with Crippen molar-refractivity contribution in [2.75, 3.05) is 18.9 Å². The number of carbonyl (C=O) groups excluding carboxylic acids is 1. The van der Waals surface area contributed by atoms with Gasteiger partial charge in [0.05, 0.1) is 41.4 Å². The van der Waals surface area contributed by atoms with E-state index in [2.05, 4.69) is 10.0 Å². The Kier molecular flexibility index (Phi) is 7.27. The van der Waals surface area contributed by atoms with Gasteiger partial charge in [-0.15, -0.1) is 0 Å². The van der Waals surface area contributed by atoms with Crippen LogP contribution < -0.4 is 19.5 Å². The Morgan fingerprint density at radius 3 is 2.31 bits per heavy atom. The molecule has 0 saturated carbocycles. The minimum Gasteiger partial charge on any atom is -0.497 e. The van der Waals surface area contributed by atoms with Crippen LogP contribution in [0, 0.1) is 0 Å². The first kappa shape index (κ1) is 23.4. The molecule has 0 aliphatic rings. The Morgan fingerprint density at radius 1 is 0.969 bits per heavy atom. The molecule has 1 atom stereocenters. The molecule has 32 heavy (non-hydrogen) atoms. The van der Waals surface area contributed by atoms with Gasteiger partial charge in [-0.1, -0.05) is 29.8 Å². The van der Waals surface area contributed by atoms with Crippen LogP contribution in [0.3, 0.4) is 0 Å². The summed E-state index contributed by atoms with van der Waals surface area (Å²) in [7, 11) is -0.662. The molecule has 0 aliphatic carbocycles. The van der Waals surface area contributed by atoms with Crippen molar-refractivity contribution in [3.63, 3.8) is 0 Å². The van der Waals surface area contributed by atoms with E-state index < -0.39 is 22.0 Å². The Hall–Kier alpha value is -3.23. The van der Waals surface area contributed by atoms with Gasteiger partial charge in [-0.25, -0.2) is 8.42 Å². The number of hydrogen-bond acceptors (Lipinski definition) is 5. The predicted molar refractivity (Wildman–Crippen MR) is 124 cm³/mol. The van der Waals surface area contributed by atoms with Crippen molar-refractivity contribution in [3.8, 4) is 11.5 Å². The Morgan fingerprint density at radius 2 is 1.69 bits per heavy atom. The lowest BCUT2D eigenvalue weighted by atomic mass is 10.1. The highest BCUT2D eigenvalue weighted by atomic mass is 35.5. The molecule has 0 fully saturated rings. The van der Waals surface area contributed by atoms with E-state index in [0.29, 0.717) is 11.5 Å². The molecule has 1 amide bonds. The smallest absolute Gasteiger partial charge is 0.261 e. The first-order valence-corrected chi connectivity index (χ1v) is 11.5. The van der Waals surface area contributed by atoms with Gasteiger partial charge < -0.3 is 14.8 Å². The van der Waals surface area contributed by atoms with E-state index in [-0.39, 0.29) is 21.2 Å². The maximum absolute atomic E-state index is 12.8. The van der Waals surface area contributed by atoms with Crippen molar-refractivity contribution in [2.24, 2.45) is 0 Å². The van der Waals surface area contributed by atoms with Crippen LogP contribution in [0.25, 0.3) is 0 Å². The van der Waals surface area contributed by atoms with E-state index in [1.54, 1.807) is 50.6 Å². The second-order valence-corrected chi connectivity index (χ2v) is 9.01. The van der Waals surface area contributed by atoms with Crippen LogP contribution in [0.15, 0.2) is 71.6 Å². The molecule has 3 aromatic carbocycles.